The maximum atomic E-state index is 12.5. The first kappa shape index (κ1) is 23.7. The van der Waals surface area contributed by atoms with E-state index in [9.17, 15) is 9.59 Å². The van der Waals surface area contributed by atoms with E-state index in [4.69, 9.17) is 9.47 Å². The predicted octanol–water partition coefficient (Wildman–Crippen LogP) is 5.36. The topological polar surface area (TPSA) is 74.9 Å². The second kappa shape index (κ2) is 9.79. The van der Waals surface area contributed by atoms with Gasteiger partial charge in [-0.25, -0.2) is 9.59 Å². The maximum Gasteiger partial charge on any atom is 0.410 e. The molecular formula is C27H33N3O4. The van der Waals surface area contributed by atoms with Crippen LogP contribution in [-0.2, 0) is 16.0 Å². The SMILES string of the molecule is COC(=O)c1cccc(CN(c2ccc3[nH]ccc3c2)C2CCN(C(=O)OC(C)(C)C)CC2)c1. The van der Waals surface area contributed by atoms with E-state index in [1.807, 2.05) is 45.2 Å². The normalized spacial score (nSPS) is 14.8. The summed E-state index contributed by atoms with van der Waals surface area (Å²) in [5.41, 5.74) is 3.28. The molecule has 1 aliphatic heterocycles. The number of likely N-dealkylation sites (tertiary alicyclic amines) is 1. The average molecular weight is 464 g/mol. The van der Waals surface area contributed by atoms with Crippen LogP contribution in [0.4, 0.5) is 10.5 Å². The Bertz CT molecular complexity index is 1160. The van der Waals surface area contributed by atoms with Gasteiger partial charge < -0.3 is 24.3 Å². The van der Waals surface area contributed by atoms with Gasteiger partial charge in [0.2, 0.25) is 0 Å². The largest absolute Gasteiger partial charge is 0.465 e. The summed E-state index contributed by atoms with van der Waals surface area (Å²) in [6.07, 6.45) is 3.36. The fourth-order valence-electron chi connectivity index (χ4n) is 4.45. The maximum absolute atomic E-state index is 12.5. The summed E-state index contributed by atoms with van der Waals surface area (Å²) in [5, 5.41) is 1.15. The van der Waals surface area contributed by atoms with E-state index >= 15 is 0 Å². The summed E-state index contributed by atoms with van der Waals surface area (Å²) in [4.78, 5) is 32.0. The fraction of sp³-hybridized carbons (Fsp3) is 0.407. The van der Waals surface area contributed by atoms with Gasteiger partial charge in [-0.3, -0.25) is 0 Å². The molecule has 180 valence electrons. The third kappa shape index (κ3) is 5.53. The minimum Gasteiger partial charge on any atom is -0.465 e. The summed E-state index contributed by atoms with van der Waals surface area (Å²) in [5.74, 6) is -0.340. The number of carbonyl (C=O) groups is 2. The van der Waals surface area contributed by atoms with Crippen LogP contribution in [0, 0.1) is 0 Å². The summed E-state index contributed by atoms with van der Waals surface area (Å²) >= 11 is 0. The Hall–Kier alpha value is -3.48. The van der Waals surface area contributed by atoms with Gasteiger partial charge in [0.15, 0.2) is 0 Å². The highest BCUT2D eigenvalue weighted by molar-refractivity contribution is 5.89. The number of esters is 1. The number of anilines is 1. The predicted molar refractivity (Wildman–Crippen MR) is 133 cm³/mol. The lowest BCUT2D eigenvalue weighted by Gasteiger charge is -2.40. The number of piperidine rings is 1. The van der Waals surface area contributed by atoms with Crippen LogP contribution < -0.4 is 4.90 Å². The molecule has 2 aromatic carbocycles. The van der Waals surface area contributed by atoms with Crippen molar-refractivity contribution in [3.63, 3.8) is 0 Å². The minimum absolute atomic E-state index is 0.247. The van der Waals surface area contributed by atoms with Crippen LogP contribution in [-0.4, -0.2) is 53.8 Å². The van der Waals surface area contributed by atoms with Gasteiger partial charge in [0.25, 0.3) is 0 Å². The van der Waals surface area contributed by atoms with E-state index in [1.54, 1.807) is 11.0 Å². The zero-order valence-corrected chi connectivity index (χ0v) is 20.3. The first-order valence-corrected chi connectivity index (χ1v) is 11.7. The van der Waals surface area contributed by atoms with Gasteiger partial charge in [-0.2, -0.15) is 0 Å². The molecule has 1 aliphatic rings. The molecule has 1 fully saturated rings. The number of nitrogens with zero attached hydrogens (tertiary/aromatic N) is 2. The van der Waals surface area contributed by atoms with Crippen LogP contribution in [0.3, 0.4) is 0 Å². The molecule has 0 bridgehead atoms. The molecule has 1 aromatic heterocycles. The van der Waals surface area contributed by atoms with E-state index in [2.05, 4.69) is 34.1 Å². The molecule has 4 rings (SSSR count). The number of aromatic nitrogens is 1. The van der Waals surface area contributed by atoms with Gasteiger partial charge in [0.05, 0.1) is 12.7 Å². The van der Waals surface area contributed by atoms with Crippen molar-refractivity contribution in [1.82, 2.24) is 9.88 Å². The molecule has 2 heterocycles. The molecule has 0 spiro atoms. The number of H-pyrrole nitrogens is 1. The molecule has 1 amide bonds. The summed E-state index contributed by atoms with van der Waals surface area (Å²) in [7, 11) is 1.39. The number of methoxy groups -OCH3 is 1. The number of ether oxygens (including phenoxy) is 2. The average Bonchev–Trinajstić information content (AvgIpc) is 3.29. The smallest absolute Gasteiger partial charge is 0.410 e. The van der Waals surface area contributed by atoms with Crippen LogP contribution in [0.5, 0.6) is 0 Å². The molecule has 7 heteroatoms. The van der Waals surface area contributed by atoms with Crippen molar-refractivity contribution >= 4 is 28.7 Å². The summed E-state index contributed by atoms with van der Waals surface area (Å²) < 4.78 is 10.5. The number of nitrogens with one attached hydrogen (secondary N) is 1. The highest BCUT2D eigenvalue weighted by Crippen LogP contribution is 2.29. The van der Waals surface area contributed by atoms with Gasteiger partial charge in [0.1, 0.15) is 5.60 Å². The molecule has 0 aliphatic carbocycles. The van der Waals surface area contributed by atoms with Crippen LogP contribution in [0.15, 0.2) is 54.7 Å². The molecule has 0 unspecified atom stereocenters. The van der Waals surface area contributed by atoms with Gasteiger partial charge >= 0.3 is 12.1 Å². The van der Waals surface area contributed by atoms with Gasteiger partial charge in [-0.15, -0.1) is 0 Å². The standard InChI is InChI=1S/C27H33N3O4/c1-27(2,3)34-26(32)29-14-11-22(12-15-29)30(23-8-9-24-20(17-23)10-13-28-24)18-19-6-5-7-21(16-19)25(31)33-4/h5-10,13,16-17,22,28H,11-12,14-15,18H2,1-4H3. The molecule has 3 aromatic rings. The van der Waals surface area contributed by atoms with Crippen molar-refractivity contribution in [2.24, 2.45) is 0 Å². The molecule has 1 N–H and O–H groups in total. The molecule has 7 nitrogen and oxygen atoms in total. The number of rotatable bonds is 5. The minimum atomic E-state index is -0.503. The van der Waals surface area contributed by atoms with E-state index < -0.39 is 5.60 Å². The fourth-order valence-corrected chi connectivity index (χ4v) is 4.45. The highest BCUT2D eigenvalue weighted by atomic mass is 16.6. The Balaban J connectivity index is 1.56. The van der Waals surface area contributed by atoms with Gasteiger partial charge in [-0.05, 0) is 75.6 Å². The van der Waals surface area contributed by atoms with Crippen LogP contribution in [0.25, 0.3) is 10.9 Å². The number of hydrogen-bond donors (Lipinski definition) is 1. The zero-order chi connectivity index (χ0) is 24.3. The van der Waals surface area contributed by atoms with Crippen LogP contribution in [0.2, 0.25) is 0 Å². The van der Waals surface area contributed by atoms with Crippen molar-refractivity contribution < 1.29 is 19.1 Å². The molecule has 0 saturated carbocycles. The molecule has 0 atom stereocenters. The molecule has 0 radical (unpaired) electrons. The Morgan fingerprint density at radius 3 is 2.56 bits per heavy atom. The lowest BCUT2D eigenvalue weighted by atomic mass is 10.0. The van der Waals surface area contributed by atoms with Crippen LogP contribution in [0.1, 0.15) is 49.5 Å². The second-order valence-electron chi connectivity index (χ2n) is 9.77. The number of hydrogen-bond acceptors (Lipinski definition) is 5. The zero-order valence-electron chi connectivity index (χ0n) is 20.3. The van der Waals surface area contributed by atoms with E-state index in [0.717, 1.165) is 35.0 Å². The second-order valence-corrected chi connectivity index (χ2v) is 9.77. The first-order chi connectivity index (χ1) is 16.2. The van der Waals surface area contributed by atoms with E-state index in [-0.39, 0.29) is 18.1 Å². The Morgan fingerprint density at radius 1 is 1.09 bits per heavy atom. The molecule has 34 heavy (non-hydrogen) atoms. The van der Waals surface area contributed by atoms with Gasteiger partial charge in [-0.1, -0.05) is 12.1 Å². The molecule has 1 saturated heterocycles. The Morgan fingerprint density at radius 2 is 1.85 bits per heavy atom. The highest BCUT2D eigenvalue weighted by Gasteiger charge is 2.30. The number of benzene rings is 2. The summed E-state index contributed by atoms with van der Waals surface area (Å²) in [6, 6.07) is 16.3. The first-order valence-electron chi connectivity index (χ1n) is 11.7. The number of carbonyl (C=O) groups excluding carboxylic acids is 2. The van der Waals surface area contributed by atoms with Crippen molar-refractivity contribution in [2.75, 3.05) is 25.1 Å². The van der Waals surface area contributed by atoms with Crippen molar-refractivity contribution in [1.29, 1.82) is 0 Å². The Kier molecular flexibility index (Phi) is 6.82. The van der Waals surface area contributed by atoms with Crippen molar-refractivity contribution in [2.45, 2.75) is 51.8 Å². The van der Waals surface area contributed by atoms with E-state index in [1.165, 1.54) is 7.11 Å². The molecular weight excluding hydrogens is 430 g/mol. The third-order valence-electron chi connectivity index (χ3n) is 6.13. The number of fused-ring (bicyclic) bond motifs is 1. The summed E-state index contributed by atoms with van der Waals surface area (Å²) in [6.45, 7) is 7.60. The van der Waals surface area contributed by atoms with E-state index in [0.29, 0.717) is 25.2 Å². The Labute approximate surface area is 200 Å². The quantitative estimate of drug-likeness (QED) is 0.516. The lowest BCUT2D eigenvalue weighted by Crippen LogP contribution is -2.48. The van der Waals surface area contributed by atoms with Crippen LogP contribution >= 0.6 is 0 Å². The monoisotopic (exact) mass is 463 g/mol. The van der Waals surface area contributed by atoms with Crippen molar-refractivity contribution in [3.8, 4) is 0 Å². The third-order valence-corrected chi connectivity index (χ3v) is 6.13. The van der Waals surface area contributed by atoms with Gasteiger partial charge in [0, 0.05) is 48.5 Å². The number of aromatic amines is 1. The number of amides is 1. The van der Waals surface area contributed by atoms with Crippen molar-refractivity contribution in [3.05, 3.63) is 65.9 Å². The lowest BCUT2D eigenvalue weighted by molar-refractivity contribution is 0.0204.